The van der Waals surface area contributed by atoms with Gasteiger partial charge in [-0.25, -0.2) is 15.5 Å². The maximum absolute atomic E-state index is 14.9. The molecule has 2 aromatic carbocycles. The maximum atomic E-state index is 14.9. The summed E-state index contributed by atoms with van der Waals surface area (Å²) in [4.78, 5) is 144. The second-order valence-corrected chi connectivity index (χ2v) is 24.9. The Labute approximate surface area is 531 Å². The monoisotopic (exact) mass is 1260 g/mol. The first-order valence-electron chi connectivity index (χ1n) is 31.4. The zero-order valence-electron chi connectivity index (χ0n) is 55.6. The molecule has 0 bridgehead atoms. The lowest BCUT2D eigenvalue weighted by molar-refractivity contribution is -0.149. The molecule has 90 heavy (non-hydrogen) atoms. The number of ketones is 2. The first-order chi connectivity index (χ1) is 42.4. The van der Waals surface area contributed by atoms with Crippen molar-refractivity contribution in [3.05, 3.63) is 65.7 Å². The molecule has 2 aromatic rings. The van der Waals surface area contributed by atoms with Crippen molar-refractivity contribution >= 4 is 64.8 Å². The molecule has 0 spiro atoms. The summed E-state index contributed by atoms with van der Waals surface area (Å²) >= 11 is 0. The minimum Gasteiger partial charge on any atom is -0.445 e. The number of methoxy groups -OCH3 is 2. The van der Waals surface area contributed by atoms with E-state index in [-0.39, 0.29) is 80.1 Å². The van der Waals surface area contributed by atoms with Crippen molar-refractivity contribution in [3.8, 4) is 0 Å². The first kappa shape index (κ1) is 77.2. The quantitative estimate of drug-likeness (QED) is 0.0318. The van der Waals surface area contributed by atoms with E-state index in [0.29, 0.717) is 49.0 Å². The van der Waals surface area contributed by atoms with E-state index in [2.05, 4.69) is 31.4 Å². The van der Waals surface area contributed by atoms with Gasteiger partial charge in [0, 0.05) is 71.8 Å². The lowest BCUT2D eigenvalue weighted by Gasteiger charge is -2.41. The summed E-state index contributed by atoms with van der Waals surface area (Å²) in [6, 6.07) is 10.1. The fraction of sp³-hybridized carbons (Fsp3) is 0.662. The number of ether oxygens (including phenoxy) is 3. The number of primary amides is 1. The SMILES string of the molecule is CCC(C)[C@@H]([C@@H](CC(=O)N1CCC[C@H]1[C@H](OC)[C@@H](C)C(=O)N[C@H](C)C(O)c1ccccc1)OC)N(C)C(=O)[C@@H](CC(=O)[C@H](C(C)C)N(C)C(=O)OCc1ccc(NC(=O)[C@H](CCCNC(N)=O)CC(=O)[C@@H](NC(=O)C(C)NC(=O)CON)C(C)C)cc1)C(C)C. The van der Waals surface area contributed by atoms with Gasteiger partial charge < -0.3 is 66.3 Å². The van der Waals surface area contributed by atoms with Gasteiger partial charge in [-0.2, -0.15) is 0 Å². The number of likely N-dealkylation sites (tertiary alicyclic amines) is 1. The molecule has 1 aliphatic heterocycles. The third-order valence-electron chi connectivity index (χ3n) is 17.2. The highest BCUT2D eigenvalue weighted by Crippen LogP contribution is 2.32. The lowest BCUT2D eigenvalue weighted by Crippen LogP contribution is -2.55. The van der Waals surface area contributed by atoms with Crippen molar-refractivity contribution in [2.75, 3.05) is 53.3 Å². The Morgan fingerprint density at radius 2 is 1.39 bits per heavy atom. The van der Waals surface area contributed by atoms with Gasteiger partial charge in [-0.05, 0) is 86.5 Å². The van der Waals surface area contributed by atoms with E-state index < -0.39 is 120 Å². The van der Waals surface area contributed by atoms with Gasteiger partial charge in [-0.3, -0.25) is 43.2 Å². The Hall–Kier alpha value is -7.06. The van der Waals surface area contributed by atoms with Crippen LogP contribution >= 0.6 is 0 Å². The zero-order valence-corrected chi connectivity index (χ0v) is 55.6. The topological polar surface area (TPSA) is 350 Å². The predicted molar refractivity (Wildman–Crippen MR) is 339 cm³/mol. The number of urea groups is 1. The van der Waals surface area contributed by atoms with Crippen molar-refractivity contribution in [3.63, 3.8) is 0 Å². The summed E-state index contributed by atoms with van der Waals surface area (Å²) in [5.41, 5.74) is 6.81. The van der Waals surface area contributed by atoms with Crippen LogP contribution in [0.5, 0.6) is 0 Å². The second kappa shape index (κ2) is 37.9. The molecule has 0 aromatic heterocycles. The zero-order chi connectivity index (χ0) is 67.7. The third-order valence-corrected chi connectivity index (χ3v) is 17.2. The molecular formula is C65H104N10O15. The van der Waals surface area contributed by atoms with Crippen LogP contribution in [0.4, 0.5) is 15.3 Å². The highest BCUT2D eigenvalue weighted by atomic mass is 16.6. The van der Waals surface area contributed by atoms with Crippen LogP contribution in [0.25, 0.3) is 0 Å². The molecule has 1 saturated heterocycles. The highest BCUT2D eigenvalue weighted by Gasteiger charge is 2.44. The Morgan fingerprint density at radius 3 is 1.94 bits per heavy atom. The second-order valence-electron chi connectivity index (χ2n) is 24.9. The van der Waals surface area contributed by atoms with E-state index in [1.54, 1.807) is 94.8 Å². The van der Waals surface area contributed by atoms with Crippen LogP contribution in [0, 0.1) is 41.4 Å². The number of aliphatic hydroxyl groups excluding tert-OH is 1. The number of likely N-dealkylation sites (N-methyl/N-ethyl adjacent to an activating group) is 2. The van der Waals surface area contributed by atoms with Crippen LogP contribution in [0.15, 0.2) is 54.6 Å². The number of hydrogen-bond acceptors (Lipinski definition) is 16. The van der Waals surface area contributed by atoms with Crippen molar-refractivity contribution in [2.45, 2.75) is 189 Å². The number of carbonyl (C=O) groups is 10. The molecule has 3 rings (SSSR count). The molecule has 3 unspecified atom stereocenters. The Bertz CT molecular complexity index is 2660. The van der Waals surface area contributed by atoms with Crippen LogP contribution in [0.1, 0.15) is 145 Å². The van der Waals surface area contributed by atoms with Gasteiger partial charge in [0.25, 0.3) is 0 Å². The molecule has 0 radical (unpaired) electrons. The average Bonchev–Trinajstić information content (AvgIpc) is 2.25. The molecule has 10 N–H and O–H groups in total. The fourth-order valence-corrected chi connectivity index (χ4v) is 11.8. The highest BCUT2D eigenvalue weighted by molar-refractivity contribution is 5.98. The van der Waals surface area contributed by atoms with Crippen molar-refractivity contribution in [2.24, 2.45) is 53.1 Å². The minimum atomic E-state index is -1.03. The molecule has 1 aliphatic rings. The van der Waals surface area contributed by atoms with Crippen molar-refractivity contribution in [1.29, 1.82) is 0 Å². The van der Waals surface area contributed by atoms with Crippen LogP contribution in [-0.4, -0.2) is 175 Å². The molecule has 25 heteroatoms. The number of rotatable bonds is 38. The number of nitrogens with one attached hydrogen (secondary N) is 5. The van der Waals surface area contributed by atoms with E-state index >= 15 is 0 Å². The third kappa shape index (κ3) is 23.0. The summed E-state index contributed by atoms with van der Waals surface area (Å²) in [6.45, 7) is 19.6. The summed E-state index contributed by atoms with van der Waals surface area (Å²) < 4.78 is 17.8. The van der Waals surface area contributed by atoms with Gasteiger partial charge >= 0.3 is 12.1 Å². The number of nitrogens with two attached hydrogens (primary N) is 2. The van der Waals surface area contributed by atoms with Crippen LogP contribution < -0.4 is 38.2 Å². The smallest absolute Gasteiger partial charge is 0.410 e. The van der Waals surface area contributed by atoms with Crippen LogP contribution in [-0.2, 0) is 64.0 Å². The number of anilines is 1. The fourth-order valence-electron chi connectivity index (χ4n) is 11.8. The van der Waals surface area contributed by atoms with Crippen LogP contribution in [0.2, 0.25) is 0 Å². The largest absolute Gasteiger partial charge is 0.445 e. The molecule has 1 fully saturated rings. The number of carbonyl (C=O) groups excluding carboxylic acids is 10. The van der Waals surface area contributed by atoms with Crippen molar-refractivity contribution in [1.82, 2.24) is 36.0 Å². The number of nitrogens with zero attached hydrogens (tertiary/aromatic N) is 3. The number of aliphatic hydroxyl groups is 1. The summed E-state index contributed by atoms with van der Waals surface area (Å²) in [5, 5.41) is 24.3. The molecule has 25 nitrogen and oxygen atoms in total. The Balaban J connectivity index is 1.71. The Morgan fingerprint density at radius 1 is 0.744 bits per heavy atom. The normalized spacial score (nSPS) is 17.2. The molecule has 504 valence electrons. The van der Waals surface area contributed by atoms with Gasteiger partial charge in [0.05, 0.1) is 60.9 Å². The molecule has 9 amide bonds. The van der Waals surface area contributed by atoms with Gasteiger partial charge in [-0.15, -0.1) is 0 Å². The maximum Gasteiger partial charge on any atom is 0.410 e. The van der Waals surface area contributed by atoms with Gasteiger partial charge in [0.2, 0.25) is 35.4 Å². The number of Topliss-reactive ketones (excluding diaryl/α,β-unsaturated/α-hetero) is 2. The molecule has 0 saturated carbocycles. The average molecular weight is 1270 g/mol. The van der Waals surface area contributed by atoms with Gasteiger partial charge in [0.15, 0.2) is 11.6 Å². The number of benzene rings is 2. The minimum absolute atomic E-state index is 0.0712. The van der Waals surface area contributed by atoms with Gasteiger partial charge in [-0.1, -0.05) is 111 Å². The number of amides is 9. The summed E-state index contributed by atoms with van der Waals surface area (Å²) in [5.74, 6) is -2.08. The van der Waals surface area contributed by atoms with Crippen molar-refractivity contribution < 1.29 is 72.1 Å². The van der Waals surface area contributed by atoms with E-state index in [1.165, 1.54) is 33.1 Å². The predicted octanol–water partition coefficient (Wildman–Crippen LogP) is 5.17. The Kier molecular flexibility index (Phi) is 32.5. The van der Waals surface area contributed by atoms with Crippen LogP contribution in [0.3, 0.4) is 0 Å². The molecule has 13 atom stereocenters. The van der Waals surface area contributed by atoms with E-state index in [0.717, 1.165) is 0 Å². The van der Waals surface area contributed by atoms with E-state index in [9.17, 15) is 53.1 Å². The lowest BCUT2D eigenvalue weighted by atomic mass is 9.83. The summed E-state index contributed by atoms with van der Waals surface area (Å²) in [6.07, 6.45) is -1.28. The summed E-state index contributed by atoms with van der Waals surface area (Å²) in [7, 11) is 6.18. The van der Waals surface area contributed by atoms with E-state index in [1.807, 2.05) is 45.9 Å². The van der Waals surface area contributed by atoms with E-state index in [4.69, 9.17) is 25.8 Å². The van der Waals surface area contributed by atoms with Gasteiger partial charge in [0.1, 0.15) is 19.3 Å². The first-order valence-corrected chi connectivity index (χ1v) is 31.4. The molecule has 0 aliphatic carbocycles. The molecule has 1 heterocycles. The number of hydrogen-bond donors (Lipinski definition) is 8. The standard InChI is InChI=1S/C65H104N10O15/c1-16-40(8)57(52(87-14)34-54(79)75-31-21-25-49(75)59(88-15)41(9)60(81)70-42(10)58(80)45-22-18-17-19-23-45)73(12)63(84)48(37(2)3)33-51(77)56(39(6)7)74(13)65(86)89-35-44-26-28-47(29-27-44)71-62(83)46(24-20-30-68-64(66)85)32-50(76)55(38(4)5)72-61(82)43(11)69-53(78)36-90-67/h17-19,22-23,26-29,37-43,46,48-49,52,55-59,80H,16,20-21,24-25,30-36,67H2,1-15H3,(H,69,78)(H,70,81)(H,71,83)(H,72,82)(H3,66,68,85)/t40?,41-,42-,43?,46-,48+,49+,52-,55+,56+,57+,58?,59-/m1/s1. The molecular weight excluding hydrogens is 1160 g/mol.